The van der Waals surface area contributed by atoms with Gasteiger partial charge in [-0.1, -0.05) is 36.4 Å². The number of aromatic nitrogens is 4. The molecule has 178 valence electrons. The van der Waals surface area contributed by atoms with E-state index in [4.69, 9.17) is 4.98 Å². The smallest absolute Gasteiger partial charge is 0.249 e. The Kier molecular flexibility index (Phi) is 6.90. The van der Waals surface area contributed by atoms with Crippen LogP contribution in [0.4, 0.5) is 5.82 Å². The summed E-state index contributed by atoms with van der Waals surface area (Å²) in [5, 5.41) is 7.97. The van der Waals surface area contributed by atoms with Crippen molar-refractivity contribution < 1.29 is 4.79 Å². The zero-order chi connectivity index (χ0) is 24.2. The molecule has 3 aromatic heterocycles. The maximum absolute atomic E-state index is 13.0. The first-order valence-electron chi connectivity index (χ1n) is 11.8. The van der Waals surface area contributed by atoms with Crippen molar-refractivity contribution in [3.8, 4) is 0 Å². The number of rotatable bonds is 6. The summed E-state index contributed by atoms with van der Waals surface area (Å²) in [5.41, 5.74) is 4.71. The minimum Gasteiger partial charge on any atom is -0.366 e. The maximum Gasteiger partial charge on any atom is 0.249 e. The maximum atomic E-state index is 13.0. The standard InChI is InChI=1S/C27H27BrN6O/c1-19(14-20-6-3-2-4-7-20)27(35)33-12-9-22(10-13-33)24-15-25(30-17-21-8-5-11-29-16-21)34-26(32-24)23(28)18-31-34/h2-8,11,14-16,18,22,30H,9-10,12-13,17H2,1H3/b19-14+. The average Bonchev–Trinajstić information content (AvgIpc) is 3.28. The van der Waals surface area contributed by atoms with E-state index in [1.165, 1.54) is 0 Å². The Morgan fingerprint density at radius 1 is 1.14 bits per heavy atom. The fourth-order valence-electron chi connectivity index (χ4n) is 4.47. The van der Waals surface area contributed by atoms with Crippen LogP contribution in [-0.4, -0.2) is 43.5 Å². The van der Waals surface area contributed by atoms with E-state index in [2.05, 4.69) is 37.4 Å². The van der Waals surface area contributed by atoms with Gasteiger partial charge in [0.15, 0.2) is 5.65 Å². The molecule has 0 atom stereocenters. The van der Waals surface area contributed by atoms with Crippen molar-refractivity contribution in [1.29, 1.82) is 0 Å². The molecule has 1 aromatic carbocycles. The van der Waals surface area contributed by atoms with Crippen molar-refractivity contribution in [2.24, 2.45) is 0 Å². The van der Waals surface area contributed by atoms with E-state index in [0.29, 0.717) is 6.54 Å². The van der Waals surface area contributed by atoms with Gasteiger partial charge in [0, 0.05) is 55.3 Å². The van der Waals surface area contributed by atoms with Gasteiger partial charge in [-0.3, -0.25) is 9.78 Å². The second-order valence-corrected chi connectivity index (χ2v) is 9.67. The highest BCUT2D eigenvalue weighted by atomic mass is 79.9. The minimum absolute atomic E-state index is 0.105. The Morgan fingerprint density at radius 2 is 1.94 bits per heavy atom. The molecule has 4 aromatic rings. The first-order chi connectivity index (χ1) is 17.1. The number of pyridine rings is 1. The fraction of sp³-hybridized carbons (Fsp3) is 0.259. The monoisotopic (exact) mass is 530 g/mol. The second-order valence-electron chi connectivity index (χ2n) is 8.81. The quantitative estimate of drug-likeness (QED) is 0.342. The summed E-state index contributed by atoms with van der Waals surface area (Å²) in [6.45, 7) is 3.97. The predicted molar refractivity (Wildman–Crippen MR) is 141 cm³/mol. The number of fused-ring (bicyclic) bond motifs is 1. The van der Waals surface area contributed by atoms with E-state index in [-0.39, 0.29) is 11.8 Å². The summed E-state index contributed by atoms with van der Waals surface area (Å²) < 4.78 is 2.68. The number of nitrogens with one attached hydrogen (secondary N) is 1. The molecule has 0 aliphatic carbocycles. The molecular weight excluding hydrogens is 504 g/mol. The van der Waals surface area contributed by atoms with Gasteiger partial charge in [-0.2, -0.15) is 9.61 Å². The van der Waals surface area contributed by atoms with Crippen LogP contribution in [0.1, 0.15) is 42.5 Å². The Morgan fingerprint density at radius 3 is 2.69 bits per heavy atom. The van der Waals surface area contributed by atoms with Crippen LogP contribution in [-0.2, 0) is 11.3 Å². The van der Waals surface area contributed by atoms with E-state index in [1.54, 1.807) is 12.4 Å². The number of nitrogens with zero attached hydrogens (tertiary/aromatic N) is 5. The Balaban J connectivity index is 1.30. The van der Waals surface area contributed by atoms with Crippen LogP contribution < -0.4 is 5.32 Å². The van der Waals surface area contributed by atoms with Gasteiger partial charge in [0.25, 0.3) is 0 Å². The highest BCUT2D eigenvalue weighted by molar-refractivity contribution is 9.10. The molecule has 8 heteroatoms. The molecule has 1 N–H and O–H groups in total. The first kappa shape index (κ1) is 23.2. The average molecular weight is 531 g/mol. The van der Waals surface area contributed by atoms with Crippen molar-refractivity contribution >= 4 is 39.4 Å². The third-order valence-corrected chi connectivity index (χ3v) is 6.92. The topological polar surface area (TPSA) is 75.4 Å². The van der Waals surface area contributed by atoms with Gasteiger partial charge >= 0.3 is 0 Å². The summed E-state index contributed by atoms with van der Waals surface area (Å²) in [6.07, 6.45) is 9.10. The normalized spacial score (nSPS) is 14.9. The molecule has 7 nitrogen and oxygen atoms in total. The van der Waals surface area contributed by atoms with E-state index in [1.807, 2.05) is 71.1 Å². The molecule has 0 saturated carbocycles. The number of hydrogen-bond acceptors (Lipinski definition) is 5. The van der Waals surface area contributed by atoms with Crippen molar-refractivity contribution in [3.05, 3.63) is 94.0 Å². The number of piperidine rings is 1. The summed E-state index contributed by atoms with van der Waals surface area (Å²) in [4.78, 5) is 24.1. The zero-order valence-corrected chi connectivity index (χ0v) is 21.1. The highest BCUT2D eigenvalue weighted by Gasteiger charge is 2.26. The molecule has 1 amide bonds. The predicted octanol–water partition coefficient (Wildman–Crippen LogP) is 5.31. The summed E-state index contributed by atoms with van der Waals surface area (Å²) >= 11 is 3.58. The number of carbonyl (C=O) groups excluding carboxylic acids is 1. The summed E-state index contributed by atoms with van der Waals surface area (Å²) in [7, 11) is 0. The molecule has 5 rings (SSSR count). The number of amides is 1. The third kappa shape index (κ3) is 5.27. The molecular formula is C27H27BrN6O. The Labute approximate surface area is 213 Å². The second kappa shape index (κ2) is 10.4. The van der Waals surface area contributed by atoms with Gasteiger partial charge in [0.1, 0.15) is 5.82 Å². The van der Waals surface area contributed by atoms with Crippen LogP contribution in [0.15, 0.2) is 77.2 Å². The molecule has 35 heavy (non-hydrogen) atoms. The van der Waals surface area contributed by atoms with Crippen LogP contribution in [0, 0.1) is 0 Å². The van der Waals surface area contributed by atoms with Crippen molar-refractivity contribution in [3.63, 3.8) is 0 Å². The number of likely N-dealkylation sites (tertiary alicyclic amines) is 1. The van der Waals surface area contributed by atoms with Gasteiger partial charge in [-0.15, -0.1) is 0 Å². The number of anilines is 1. The fourth-order valence-corrected chi connectivity index (χ4v) is 4.82. The third-order valence-electron chi connectivity index (χ3n) is 6.37. The van der Waals surface area contributed by atoms with Crippen molar-refractivity contribution in [2.45, 2.75) is 32.2 Å². The molecule has 4 heterocycles. The van der Waals surface area contributed by atoms with E-state index < -0.39 is 0 Å². The number of benzene rings is 1. The van der Waals surface area contributed by atoms with Crippen LogP contribution in [0.2, 0.25) is 0 Å². The van der Waals surface area contributed by atoms with Gasteiger partial charge < -0.3 is 10.2 Å². The largest absolute Gasteiger partial charge is 0.366 e. The molecule has 0 radical (unpaired) electrons. The van der Waals surface area contributed by atoms with Gasteiger partial charge in [0.2, 0.25) is 5.91 Å². The lowest BCUT2D eigenvalue weighted by Crippen LogP contribution is -2.38. The SMILES string of the molecule is C/C(=C\c1ccccc1)C(=O)N1CCC(c2cc(NCc3cccnc3)n3ncc(Br)c3n2)CC1. The highest BCUT2D eigenvalue weighted by Crippen LogP contribution is 2.31. The van der Waals surface area contributed by atoms with Crippen LogP contribution in [0.3, 0.4) is 0 Å². The van der Waals surface area contributed by atoms with Gasteiger partial charge in [-0.25, -0.2) is 4.98 Å². The van der Waals surface area contributed by atoms with Crippen LogP contribution in [0.5, 0.6) is 0 Å². The lowest BCUT2D eigenvalue weighted by atomic mass is 9.92. The lowest BCUT2D eigenvalue weighted by molar-refractivity contribution is -0.128. The van der Waals surface area contributed by atoms with Crippen molar-refractivity contribution in [1.82, 2.24) is 24.5 Å². The molecule has 0 bridgehead atoms. The lowest BCUT2D eigenvalue weighted by Gasteiger charge is -2.32. The van der Waals surface area contributed by atoms with E-state index in [9.17, 15) is 4.79 Å². The molecule has 0 unspecified atom stereocenters. The minimum atomic E-state index is 0.105. The van der Waals surface area contributed by atoms with Crippen molar-refractivity contribution in [2.75, 3.05) is 18.4 Å². The number of carbonyl (C=O) groups is 1. The van der Waals surface area contributed by atoms with Crippen LogP contribution in [0.25, 0.3) is 11.7 Å². The van der Waals surface area contributed by atoms with Gasteiger partial charge in [0.05, 0.1) is 10.7 Å². The summed E-state index contributed by atoms with van der Waals surface area (Å²) in [6, 6.07) is 16.0. The molecule has 1 saturated heterocycles. The first-order valence-corrected chi connectivity index (χ1v) is 12.6. The van der Waals surface area contributed by atoms with Crippen LogP contribution >= 0.6 is 15.9 Å². The molecule has 1 aliphatic rings. The molecule has 0 spiro atoms. The van der Waals surface area contributed by atoms with E-state index in [0.717, 1.165) is 64.3 Å². The molecule has 1 aliphatic heterocycles. The summed E-state index contributed by atoms with van der Waals surface area (Å²) in [5.74, 6) is 1.27. The number of halogens is 1. The number of hydrogen-bond donors (Lipinski definition) is 1. The zero-order valence-electron chi connectivity index (χ0n) is 19.6. The Bertz CT molecular complexity index is 1340. The Hall–Kier alpha value is -3.52. The van der Waals surface area contributed by atoms with E-state index >= 15 is 0 Å². The van der Waals surface area contributed by atoms with Gasteiger partial charge in [-0.05, 0) is 59.0 Å². The molecule has 1 fully saturated rings.